The molecule has 0 amide bonds. The highest BCUT2D eigenvalue weighted by Gasteiger charge is 2.40. The molecule has 7 nitrogen and oxygen atoms in total. The molecule has 0 saturated carbocycles. The molecule has 0 spiro atoms. The van der Waals surface area contributed by atoms with Gasteiger partial charge in [-0.05, 0) is 48.7 Å². The van der Waals surface area contributed by atoms with Gasteiger partial charge < -0.3 is 4.74 Å². The third-order valence-electron chi connectivity index (χ3n) is 6.19. The maximum Gasteiger partial charge on any atom is 0.330 e. The minimum Gasteiger partial charge on any atom is -0.497 e. The van der Waals surface area contributed by atoms with Crippen LogP contribution in [0.2, 0.25) is 0 Å². The summed E-state index contributed by atoms with van der Waals surface area (Å²) in [6.45, 7) is 3.84. The zero-order valence-electron chi connectivity index (χ0n) is 20.2. The number of fused-ring (bicyclic) bond motifs is 1. The van der Waals surface area contributed by atoms with Gasteiger partial charge in [0.1, 0.15) is 5.75 Å². The zero-order chi connectivity index (χ0) is 26.0. The summed E-state index contributed by atoms with van der Waals surface area (Å²) in [5, 5.41) is 23.7. The number of ether oxygens (including phenoxy) is 1. The molecule has 3 N–H and O–H groups in total. The lowest BCUT2D eigenvalue weighted by Gasteiger charge is -2.26. The number of nitriles is 1. The number of nitrogens with zero attached hydrogens (tertiary/aromatic N) is 4. The minimum atomic E-state index is -3.64. The summed E-state index contributed by atoms with van der Waals surface area (Å²) in [5.74, 6) is 1.86. The van der Waals surface area contributed by atoms with E-state index in [2.05, 4.69) is 11.2 Å². The fourth-order valence-corrected chi connectivity index (χ4v) is 4.16. The molecule has 1 aromatic heterocycles. The van der Waals surface area contributed by atoms with Gasteiger partial charge in [0, 0.05) is 10.9 Å². The van der Waals surface area contributed by atoms with Crippen LogP contribution in [0.15, 0.2) is 60.7 Å². The number of hydrogen-bond acceptors (Lipinski definition) is 5. The Labute approximate surface area is 207 Å². The van der Waals surface area contributed by atoms with Crippen molar-refractivity contribution < 1.29 is 13.5 Å². The number of amidine groups is 1. The lowest BCUT2D eigenvalue weighted by molar-refractivity contribution is 0.0575. The molecule has 0 aliphatic heterocycles. The summed E-state index contributed by atoms with van der Waals surface area (Å²) in [7, 11) is 1.54. The van der Waals surface area contributed by atoms with Gasteiger partial charge in [-0.2, -0.15) is 19.1 Å². The maximum atomic E-state index is 15.4. The SMILES string of the molecule is COc1ccc(CN(N)C(=N)C(F)(F)c2ccc3c(C)nn(Cc4cccc(C)c4C#N)c3c2)cc1. The number of alkyl halides is 2. The highest BCUT2D eigenvalue weighted by Crippen LogP contribution is 2.33. The number of nitrogens with two attached hydrogens (primary N) is 1. The van der Waals surface area contributed by atoms with Crippen LogP contribution in [0.1, 0.15) is 33.5 Å². The highest BCUT2D eigenvalue weighted by molar-refractivity contribution is 5.89. The summed E-state index contributed by atoms with van der Waals surface area (Å²) in [4.78, 5) is 0. The number of benzene rings is 3. The Morgan fingerprint density at radius 2 is 1.89 bits per heavy atom. The Kier molecular flexibility index (Phi) is 6.73. The Balaban J connectivity index is 1.64. The van der Waals surface area contributed by atoms with Gasteiger partial charge in [0.2, 0.25) is 0 Å². The molecular formula is C27H26F2N6O. The number of methoxy groups -OCH3 is 1. The van der Waals surface area contributed by atoms with Crippen LogP contribution in [0, 0.1) is 30.6 Å². The number of nitrogens with one attached hydrogen (secondary N) is 1. The van der Waals surface area contributed by atoms with Crippen LogP contribution in [-0.4, -0.2) is 27.7 Å². The van der Waals surface area contributed by atoms with Gasteiger partial charge in [-0.3, -0.25) is 15.1 Å². The number of hydrogen-bond donors (Lipinski definition) is 2. The van der Waals surface area contributed by atoms with Gasteiger partial charge in [0.25, 0.3) is 0 Å². The van der Waals surface area contributed by atoms with E-state index < -0.39 is 11.8 Å². The second kappa shape index (κ2) is 9.76. The van der Waals surface area contributed by atoms with E-state index in [9.17, 15) is 5.26 Å². The van der Waals surface area contributed by atoms with Crippen LogP contribution < -0.4 is 10.6 Å². The summed E-state index contributed by atoms with van der Waals surface area (Å²) >= 11 is 0. The average Bonchev–Trinajstić information content (AvgIpc) is 3.18. The van der Waals surface area contributed by atoms with Gasteiger partial charge in [-0.15, -0.1) is 0 Å². The minimum absolute atomic E-state index is 0.0675. The molecule has 1 heterocycles. The predicted molar refractivity (Wildman–Crippen MR) is 134 cm³/mol. The quantitative estimate of drug-likeness (QED) is 0.164. The van der Waals surface area contributed by atoms with Crippen LogP contribution in [0.5, 0.6) is 5.75 Å². The molecule has 0 unspecified atom stereocenters. The van der Waals surface area contributed by atoms with Crippen molar-refractivity contribution in [1.29, 1.82) is 10.7 Å². The summed E-state index contributed by atoms with van der Waals surface area (Å²) in [6.07, 6.45) is 0. The van der Waals surface area contributed by atoms with Crippen LogP contribution in [-0.2, 0) is 19.0 Å². The normalized spacial score (nSPS) is 11.4. The fraction of sp³-hybridized carbons (Fsp3) is 0.222. The topological polar surface area (TPSA) is 104 Å². The number of aromatic nitrogens is 2. The highest BCUT2D eigenvalue weighted by atomic mass is 19.3. The van der Waals surface area contributed by atoms with Gasteiger partial charge in [-0.1, -0.05) is 42.5 Å². The van der Waals surface area contributed by atoms with E-state index in [1.807, 2.05) is 25.1 Å². The molecule has 0 radical (unpaired) electrons. The number of aryl methyl sites for hydroxylation is 2. The molecule has 0 aliphatic rings. The van der Waals surface area contributed by atoms with Crippen molar-refractivity contribution in [3.8, 4) is 11.8 Å². The molecular weight excluding hydrogens is 462 g/mol. The summed E-state index contributed by atoms with van der Waals surface area (Å²) < 4.78 is 37.6. The first-order valence-corrected chi connectivity index (χ1v) is 11.2. The van der Waals surface area contributed by atoms with Crippen molar-refractivity contribution in [3.05, 3.63) is 94.2 Å². The third kappa shape index (κ3) is 4.63. The van der Waals surface area contributed by atoms with Gasteiger partial charge in [-0.25, -0.2) is 5.84 Å². The first-order chi connectivity index (χ1) is 17.1. The first kappa shape index (κ1) is 24.8. The summed E-state index contributed by atoms with van der Waals surface area (Å²) in [5.41, 5.74) is 3.59. The Morgan fingerprint density at radius 3 is 2.56 bits per heavy atom. The van der Waals surface area contributed by atoms with Crippen molar-refractivity contribution in [1.82, 2.24) is 14.8 Å². The van der Waals surface area contributed by atoms with Crippen molar-refractivity contribution >= 4 is 16.7 Å². The zero-order valence-corrected chi connectivity index (χ0v) is 20.2. The van der Waals surface area contributed by atoms with Crippen LogP contribution in [0.25, 0.3) is 10.9 Å². The van der Waals surface area contributed by atoms with Crippen molar-refractivity contribution in [3.63, 3.8) is 0 Å². The number of halogens is 2. The molecule has 4 rings (SSSR count). The maximum absolute atomic E-state index is 15.4. The molecule has 184 valence electrons. The molecule has 0 bridgehead atoms. The second-order valence-electron chi connectivity index (χ2n) is 8.59. The smallest absolute Gasteiger partial charge is 0.330 e. The number of rotatable bonds is 7. The lowest BCUT2D eigenvalue weighted by Crippen LogP contribution is -2.45. The van der Waals surface area contributed by atoms with E-state index in [0.717, 1.165) is 21.5 Å². The third-order valence-corrected chi connectivity index (χ3v) is 6.19. The second-order valence-corrected chi connectivity index (χ2v) is 8.59. The van der Waals surface area contributed by atoms with Gasteiger partial charge in [0.05, 0.1) is 43.0 Å². The van der Waals surface area contributed by atoms with Crippen molar-refractivity contribution in [2.24, 2.45) is 5.84 Å². The van der Waals surface area contributed by atoms with E-state index in [1.165, 1.54) is 19.2 Å². The molecule has 36 heavy (non-hydrogen) atoms. The van der Waals surface area contributed by atoms with Crippen molar-refractivity contribution in [2.75, 3.05) is 7.11 Å². The van der Waals surface area contributed by atoms with E-state index in [-0.39, 0.29) is 18.7 Å². The van der Waals surface area contributed by atoms with E-state index in [0.29, 0.717) is 28.1 Å². The fourth-order valence-electron chi connectivity index (χ4n) is 4.16. The Morgan fingerprint density at radius 1 is 1.17 bits per heavy atom. The summed E-state index contributed by atoms with van der Waals surface area (Å²) in [6, 6.07) is 18.8. The lowest BCUT2D eigenvalue weighted by atomic mass is 10.0. The average molecular weight is 489 g/mol. The molecule has 0 atom stereocenters. The van der Waals surface area contributed by atoms with Gasteiger partial charge >= 0.3 is 5.92 Å². The molecule has 0 aliphatic carbocycles. The van der Waals surface area contributed by atoms with Crippen LogP contribution in [0.3, 0.4) is 0 Å². The largest absolute Gasteiger partial charge is 0.497 e. The van der Waals surface area contributed by atoms with E-state index in [1.54, 1.807) is 41.9 Å². The van der Waals surface area contributed by atoms with Crippen molar-refractivity contribution in [2.45, 2.75) is 32.9 Å². The van der Waals surface area contributed by atoms with E-state index >= 15 is 8.78 Å². The Hall–Kier alpha value is -4.29. The van der Waals surface area contributed by atoms with E-state index in [4.69, 9.17) is 16.0 Å². The van der Waals surface area contributed by atoms with Gasteiger partial charge in [0.15, 0.2) is 5.84 Å². The Bertz CT molecular complexity index is 1470. The number of hydrazine groups is 1. The van der Waals surface area contributed by atoms with Crippen LogP contribution in [0.4, 0.5) is 8.78 Å². The van der Waals surface area contributed by atoms with Crippen LogP contribution >= 0.6 is 0 Å². The molecule has 0 saturated heterocycles. The molecule has 0 fully saturated rings. The molecule has 9 heteroatoms. The predicted octanol–water partition coefficient (Wildman–Crippen LogP) is 5.03. The first-order valence-electron chi connectivity index (χ1n) is 11.2. The standard InChI is InChI=1S/C27H26F2N6O/c1-17-5-4-6-20(24(17)14-30)16-35-25-13-21(9-12-23(25)18(2)33-35)27(28,29)26(31)34(32)15-19-7-10-22(36-3)11-8-19/h4-13,31H,15-16,32H2,1-3H3. The monoisotopic (exact) mass is 488 g/mol. The molecule has 3 aromatic carbocycles. The molecule has 4 aromatic rings.